The number of aliphatic hydroxyl groups is 1. The zero-order valence-corrected chi connectivity index (χ0v) is 8.85. The molecule has 0 aromatic heterocycles. The fourth-order valence-corrected chi connectivity index (χ4v) is 1.36. The van der Waals surface area contributed by atoms with Crippen LogP contribution < -0.4 is 5.32 Å². The SMILES string of the molecule is CC(C)(CCO)Nc1cc(F)cc(F)c1. The normalized spacial score (nSPS) is 11.5. The second-order valence-corrected chi connectivity index (χ2v) is 4.14. The fourth-order valence-electron chi connectivity index (χ4n) is 1.36. The molecule has 84 valence electrons. The molecule has 0 spiro atoms. The van der Waals surface area contributed by atoms with Gasteiger partial charge in [0.25, 0.3) is 0 Å². The van der Waals surface area contributed by atoms with Crippen LogP contribution in [-0.2, 0) is 0 Å². The molecular weight excluding hydrogens is 200 g/mol. The summed E-state index contributed by atoms with van der Waals surface area (Å²) in [6.07, 6.45) is 0.505. The Kier molecular flexibility index (Phi) is 3.63. The van der Waals surface area contributed by atoms with Crippen molar-refractivity contribution in [2.75, 3.05) is 11.9 Å². The molecular formula is C11H15F2NO. The van der Waals surface area contributed by atoms with Crippen molar-refractivity contribution < 1.29 is 13.9 Å². The molecule has 0 radical (unpaired) electrons. The Bertz CT molecular complexity index is 319. The van der Waals surface area contributed by atoms with Gasteiger partial charge in [-0.25, -0.2) is 8.78 Å². The number of nitrogens with one attached hydrogen (secondary N) is 1. The Hall–Kier alpha value is -1.16. The largest absolute Gasteiger partial charge is 0.396 e. The standard InChI is InChI=1S/C11H15F2NO/c1-11(2,3-4-15)14-10-6-8(12)5-9(13)7-10/h5-7,14-15H,3-4H2,1-2H3. The number of aliphatic hydroxyl groups excluding tert-OH is 1. The molecule has 0 atom stereocenters. The first-order valence-electron chi connectivity index (χ1n) is 4.78. The van der Waals surface area contributed by atoms with E-state index in [4.69, 9.17) is 5.11 Å². The number of hydrogen-bond donors (Lipinski definition) is 2. The highest BCUT2D eigenvalue weighted by atomic mass is 19.1. The topological polar surface area (TPSA) is 32.3 Å². The van der Waals surface area contributed by atoms with Gasteiger partial charge in [0, 0.05) is 23.9 Å². The minimum atomic E-state index is -0.614. The lowest BCUT2D eigenvalue weighted by molar-refractivity contribution is 0.261. The van der Waals surface area contributed by atoms with Crippen molar-refractivity contribution in [3.63, 3.8) is 0 Å². The summed E-state index contributed by atoms with van der Waals surface area (Å²) in [7, 11) is 0. The summed E-state index contributed by atoms with van der Waals surface area (Å²) in [5, 5.41) is 11.8. The van der Waals surface area contributed by atoms with Crippen LogP contribution in [0.5, 0.6) is 0 Å². The Morgan fingerprint density at radius 1 is 1.20 bits per heavy atom. The van der Waals surface area contributed by atoms with Crippen LogP contribution in [0.4, 0.5) is 14.5 Å². The molecule has 0 heterocycles. The first-order valence-corrected chi connectivity index (χ1v) is 4.78. The van der Waals surface area contributed by atoms with Gasteiger partial charge in [-0.1, -0.05) is 0 Å². The fraction of sp³-hybridized carbons (Fsp3) is 0.455. The Morgan fingerprint density at radius 3 is 2.20 bits per heavy atom. The number of hydrogen-bond acceptors (Lipinski definition) is 2. The molecule has 1 aromatic carbocycles. The van der Waals surface area contributed by atoms with Crippen LogP contribution in [0.3, 0.4) is 0 Å². The predicted octanol–water partition coefficient (Wildman–Crippen LogP) is 2.54. The molecule has 0 unspecified atom stereocenters. The Morgan fingerprint density at radius 2 is 1.73 bits per heavy atom. The van der Waals surface area contributed by atoms with Crippen LogP contribution in [0.2, 0.25) is 0 Å². The maximum Gasteiger partial charge on any atom is 0.128 e. The average Bonchev–Trinajstić information content (AvgIpc) is 1.99. The van der Waals surface area contributed by atoms with Crippen LogP contribution in [-0.4, -0.2) is 17.3 Å². The van der Waals surface area contributed by atoms with E-state index in [1.807, 2.05) is 13.8 Å². The third kappa shape index (κ3) is 3.83. The van der Waals surface area contributed by atoms with Gasteiger partial charge < -0.3 is 10.4 Å². The molecule has 0 fully saturated rings. The molecule has 15 heavy (non-hydrogen) atoms. The summed E-state index contributed by atoms with van der Waals surface area (Å²) in [5.41, 5.74) is -0.0134. The molecule has 0 bridgehead atoms. The summed E-state index contributed by atoms with van der Waals surface area (Å²) in [5.74, 6) is -1.23. The maximum absolute atomic E-state index is 12.9. The minimum Gasteiger partial charge on any atom is -0.396 e. The molecule has 0 amide bonds. The summed E-state index contributed by atoms with van der Waals surface area (Å²) >= 11 is 0. The molecule has 1 rings (SSSR count). The predicted molar refractivity (Wildman–Crippen MR) is 55.8 cm³/mol. The zero-order chi connectivity index (χ0) is 11.5. The Balaban J connectivity index is 2.80. The van der Waals surface area contributed by atoms with E-state index < -0.39 is 17.2 Å². The number of rotatable bonds is 4. The van der Waals surface area contributed by atoms with E-state index in [9.17, 15) is 8.78 Å². The van der Waals surface area contributed by atoms with Crippen LogP contribution in [0.15, 0.2) is 18.2 Å². The van der Waals surface area contributed by atoms with E-state index in [1.54, 1.807) is 0 Å². The lowest BCUT2D eigenvalue weighted by Crippen LogP contribution is -2.31. The monoisotopic (exact) mass is 215 g/mol. The van der Waals surface area contributed by atoms with E-state index in [0.29, 0.717) is 12.1 Å². The van der Waals surface area contributed by atoms with Gasteiger partial charge in [-0.05, 0) is 32.4 Å². The highest BCUT2D eigenvalue weighted by Crippen LogP contribution is 2.19. The van der Waals surface area contributed by atoms with Gasteiger partial charge in [-0.2, -0.15) is 0 Å². The molecule has 0 saturated heterocycles. The van der Waals surface area contributed by atoms with E-state index in [0.717, 1.165) is 6.07 Å². The van der Waals surface area contributed by atoms with Gasteiger partial charge in [-0.3, -0.25) is 0 Å². The Labute approximate surface area is 87.9 Å². The summed E-state index contributed by atoms with van der Waals surface area (Å²) in [4.78, 5) is 0. The molecule has 2 N–H and O–H groups in total. The highest BCUT2D eigenvalue weighted by molar-refractivity contribution is 5.45. The maximum atomic E-state index is 12.9. The van der Waals surface area contributed by atoms with Crippen LogP contribution in [0, 0.1) is 11.6 Å². The second-order valence-electron chi connectivity index (χ2n) is 4.14. The molecule has 1 aromatic rings. The van der Waals surface area contributed by atoms with E-state index in [-0.39, 0.29) is 6.61 Å². The number of benzene rings is 1. The van der Waals surface area contributed by atoms with E-state index in [2.05, 4.69) is 5.32 Å². The van der Waals surface area contributed by atoms with Crippen LogP contribution in [0.1, 0.15) is 20.3 Å². The zero-order valence-electron chi connectivity index (χ0n) is 8.85. The first kappa shape index (κ1) is 11.9. The first-order chi connectivity index (χ1) is 6.93. The van der Waals surface area contributed by atoms with Gasteiger partial charge in [0.1, 0.15) is 11.6 Å². The number of anilines is 1. The third-order valence-corrected chi connectivity index (χ3v) is 2.08. The summed E-state index contributed by atoms with van der Waals surface area (Å²) < 4.78 is 25.7. The molecule has 4 heteroatoms. The van der Waals surface area contributed by atoms with Crippen molar-refractivity contribution >= 4 is 5.69 Å². The lowest BCUT2D eigenvalue weighted by atomic mass is 10.0. The van der Waals surface area contributed by atoms with Gasteiger partial charge in [0.2, 0.25) is 0 Å². The van der Waals surface area contributed by atoms with Crippen molar-refractivity contribution in [1.82, 2.24) is 0 Å². The smallest absolute Gasteiger partial charge is 0.128 e. The van der Waals surface area contributed by atoms with Crippen LogP contribution >= 0.6 is 0 Å². The third-order valence-electron chi connectivity index (χ3n) is 2.08. The van der Waals surface area contributed by atoms with Crippen molar-refractivity contribution in [1.29, 1.82) is 0 Å². The van der Waals surface area contributed by atoms with Crippen molar-refractivity contribution in [3.05, 3.63) is 29.8 Å². The summed E-state index contributed by atoms with van der Waals surface area (Å²) in [6, 6.07) is 3.27. The lowest BCUT2D eigenvalue weighted by Gasteiger charge is -2.26. The molecule has 0 saturated carbocycles. The van der Waals surface area contributed by atoms with E-state index >= 15 is 0 Å². The summed E-state index contributed by atoms with van der Waals surface area (Å²) in [6.45, 7) is 3.73. The van der Waals surface area contributed by atoms with Gasteiger partial charge in [0.05, 0.1) is 0 Å². The molecule has 0 aliphatic carbocycles. The quantitative estimate of drug-likeness (QED) is 0.809. The van der Waals surface area contributed by atoms with Gasteiger partial charge in [0.15, 0.2) is 0 Å². The van der Waals surface area contributed by atoms with Crippen molar-refractivity contribution in [3.8, 4) is 0 Å². The van der Waals surface area contributed by atoms with Crippen LogP contribution in [0.25, 0.3) is 0 Å². The molecule has 0 aliphatic rings. The van der Waals surface area contributed by atoms with Crippen molar-refractivity contribution in [2.45, 2.75) is 25.8 Å². The van der Waals surface area contributed by atoms with Gasteiger partial charge in [-0.15, -0.1) is 0 Å². The van der Waals surface area contributed by atoms with Gasteiger partial charge >= 0.3 is 0 Å². The second kappa shape index (κ2) is 4.57. The average molecular weight is 215 g/mol. The van der Waals surface area contributed by atoms with E-state index in [1.165, 1.54) is 12.1 Å². The minimum absolute atomic E-state index is 0.0256. The molecule has 2 nitrogen and oxygen atoms in total. The van der Waals surface area contributed by atoms with Crippen molar-refractivity contribution in [2.24, 2.45) is 0 Å². The number of halogens is 2. The molecule has 0 aliphatic heterocycles. The highest BCUT2D eigenvalue weighted by Gasteiger charge is 2.16.